The summed E-state index contributed by atoms with van der Waals surface area (Å²) >= 11 is 0. The molecule has 27 heavy (non-hydrogen) atoms. The zero-order chi connectivity index (χ0) is 19.5. The van der Waals surface area contributed by atoms with Crippen LogP contribution in [0.1, 0.15) is 30.4 Å². The van der Waals surface area contributed by atoms with Crippen LogP contribution in [-0.4, -0.2) is 30.4 Å². The molecule has 2 rings (SSSR count). The van der Waals surface area contributed by atoms with Crippen molar-refractivity contribution in [2.45, 2.75) is 38.3 Å². The number of amides is 1. The van der Waals surface area contributed by atoms with Gasteiger partial charge in [-0.15, -0.1) is 6.58 Å². The molecular formula is C23H30N2O2. The molecule has 0 aliphatic rings. The van der Waals surface area contributed by atoms with Crippen molar-refractivity contribution in [1.29, 1.82) is 0 Å². The van der Waals surface area contributed by atoms with E-state index in [1.165, 1.54) is 0 Å². The topological polar surface area (TPSA) is 55.6 Å². The number of hydrogen-bond donors (Lipinski definition) is 1. The molecule has 0 unspecified atom stereocenters. The van der Waals surface area contributed by atoms with E-state index in [0.29, 0.717) is 13.0 Å². The van der Waals surface area contributed by atoms with Crippen LogP contribution in [0.4, 0.5) is 0 Å². The summed E-state index contributed by atoms with van der Waals surface area (Å²) in [5, 5.41) is 0. The number of benzene rings is 2. The first-order chi connectivity index (χ1) is 13.1. The Morgan fingerprint density at radius 3 is 2.48 bits per heavy atom. The molecule has 0 aromatic heterocycles. The Kier molecular flexibility index (Phi) is 8.59. The second-order valence-corrected chi connectivity index (χ2v) is 6.77. The van der Waals surface area contributed by atoms with Crippen LogP contribution in [0, 0.1) is 0 Å². The second kappa shape index (κ2) is 11.2. The third kappa shape index (κ3) is 7.27. The average molecular weight is 367 g/mol. The fourth-order valence-corrected chi connectivity index (χ4v) is 2.83. The number of rotatable bonds is 11. The van der Waals surface area contributed by atoms with Crippen LogP contribution >= 0.6 is 0 Å². The van der Waals surface area contributed by atoms with Crippen LogP contribution in [0.25, 0.3) is 0 Å². The van der Waals surface area contributed by atoms with E-state index in [2.05, 4.69) is 6.58 Å². The molecule has 0 heterocycles. The van der Waals surface area contributed by atoms with Gasteiger partial charge in [0.25, 0.3) is 0 Å². The summed E-state index contributed by atoms with van der Waals surface area (Å²) < 4.78 is 5.79. The highest BCUT2D eigenvalue weighted by Crippen LogP contribution is 2.15. The molecule has 0 aliphatic carbocycles. The van der Waals surface area contributed by atoms with Crippen molar-refractivity contribution in [3.8, 4) is 5.75 Å². The first-order valence-electron chi connectivity index (χ1n) is 9.47. The van der Waals surface area contributed by atoms with Gasteiger partial charge < -0.3 is 15.4 Å². The Hall–Kier alpha value is -2.59. The molecule has 2 aromatic carbocycles. The molecule has 0 saturated carbocycles. The number of unbranched alkanes of at least 4 members (excludes halogenated alkanes) is 2. The highest BCUT2D eigenvalue weighted by Gasteiger charge is 2.18. The molecule has 4 heteroatoms. The molecule has 0 saturated heterocycles. The molecule has 0 aliphatic heterocycles. The van der Waals surface area contributed by atoms with Crippen LogP contribution < -0.4 is 10.5 Å². The lowest BCUT2D eigenvalue weighted by Crippen LogP contribution is -2.43. The predicted molar refractivity (Wildman–Crippen MR) is 111 cm³/mol. The van der Waals surface area contributed by atoms with Gasteiger partial charge in [0.2, 0.25) is 5.91 Å². The third-order valence-electron chi connectivity index (χ3n) is 4.47. The Bertz CT molecular complexity index is 698. The average Bonchev–Trinajstić information content (AvgIpc) is 2.70. The molecule has 144 valence electrons. The molecule has 1 atom stereocenters. The van der Waals surface area contributed by atoms with Crippen molar-refractivity contribution < 1.29 is 9.53 Å². The highest BCUT2D eigenvalue weighted by atomic mass is 16.5. The van der Waals surface area contributed by atoms with E-state index < -0.39 is 6.04 Å². The van der Waals surface area contributed by atoms with E-state index in [0.717, 1.165) is 42.7 Å². The van der Waals surface area contributed by atoms with E-state index in [4.69, 9.17) is 10.5 Å². The molecule has 0 radical (unpaired) electrons. The number of nitrogens with two attached hydrogens (primary N) is 1. The molecule has 0 spiro atoms. The van der Waals surface area contributed by atoms with Crippen molar-refractivity contribution in [3.05, 3.63) is 78.4 Å². The largest absolute Gasteiger partial charge is 0.489 e. The minimum Gasteiger partial charge on any atom is -0.489 e. The molecule has 0 bridgehead atoms. The zero-order valence-electron chi connectivity index (χ0n) is 16.1. The minimum absolute atomic E-state index is 0.0157. The maximum absolute atomic E-state index is 12.4. The van der Waals surface area contributed by atoms with Gasteiger partial charge in [0.1, 0.15) is 12.4 Å². The van der Waals surface area contributed by atoms with Gasteiger partial charge in [-0.1, -0.05) is 48.5 Å². The van der Waals surface area contributed by atoms with Gasteiger partial charge in [0, 0.05) is 13.6 Å². The second-order valence-electron chi connectivity index (χ2n) is 6.77. The van der Waals surface area contributed by atoms with Crippen molar-refractivity contribution in [3.63, 3.8) is 0 Å². The summed E-state index contributed by atoms with van der Waals surface area (Å²) in [6, 6.07) is 17.3. The number of ether oxygens (including phenoxy) is 1. The van der Waals surface area contributed by atoms with Crippen molar-refractivity contribution in [2.24, 2.45) is 5.73 Å². The van der Waals surface area contributed by atoms with E-state index in [-0.39, 0.29) is 5.91 Å². The maximum Gasteiger partial charge on any atom is 0.239 e. The molecule has 0 fully saturated rings. The van der Waals surface area contributed by atoms with Crippen LogP contribution in [-0.2, 0) is 17.8 Å². The summed E-state index contributed by atoms with van der Waals surface area (Å²) in [6.45, 7) is 4.98. The standard InChI is InChI=1S/C23H30N2O2/c1-3-4-5-9-16-25(2)23(26)22(24)17-19-12-14-21(15-13-19)27-18-20-10-7-6-8-11-20/h3,6-8,10-15,22H,1,4-5,9,16-18,24H2,2H3/t22-/m0/s1. The Morgan fingerprint density at radius 1 is 1.11 bits per heavy atom. The number of likely N-dealkylation sites (N-methyl/N-ethyl adjacent to an activating group) is 1. The van der Waals surface area contributed by atoms with Crippen molar-refractivity contribution >= 4 is 5.91 Å². The predicted octanol–water partition coefficient (Wildman–Crippen LogP) is 3.95. The molecule has 2 N–H and O–H groups in total. The molecule has 4 nitrogen and oxygen atoms in total. The first kappa shape index (κ1) is 20.7. The minimum atomic E-state index is -0.523. The monoisotopic (exact) mass is 366 g/mol. The molecule has 2 aromatic rings. The smallest absolute Gasteiger partial charge is 0.239 e. The maximum atomic E-state index is 12.4. The summed E-state index contributed by atoms with van der Waals surface area (Å²) in [5.74, 6) is 0.792. The lowest BCUT2D eigenvalue weighted by molar-refractivity contribution is -0.131. The van der Waals surface area contributed by atoms with E-state index >= 15 is 0 Å². The first-order valence-corrected chi connectivity index (χ1v) is 9.47. The van der Waals surface area contributed by atoms with Gasteiger partial charge in [-0.05, 0) is 48.9 Å². The Labute approximate surface area is 162 Å². The van der Waals surface area contributed by atoms with E-state index in [9.17, 15) is 4.79 Å². The number of hydrogen-bond acceptors (Lipinski definition) is 3. The lowest BCUT2D eigenvalue weighted by Gasteiger charge is -2.21. The van der Waals surface area contributed by atoms with Crippen molar-refractivity contribution in [1.82, 2.24) is 4.90 Å². The Balaban J connectivity index is 1.78. The summed E-state index contributed by atoms with van der Waals surface area (Å²) in [4.78, 5) is 14.1. The lowest BCUT2D eigenvalue weighted by atomic mass is 10.1. The van der Waals surface area contributed by atoms with Crippen LogP contribution in [0.5, 0.6) is 5.75 Å². The van der Waals surface area contributed by atoms with Gasteiger partial charge in [-0.3, -0.25) is 4.79 Å². The zero-order valence-corrected chi connectivity index (χ0v) is 16.1. The summed E-state index contributed by atoms with van der Waals surface area (Å²) in [5.41, 5.74) is 8.28. The van der Waals surface area contributed by atoms with Crippen LogP contribution in [0.3, 0.4) is 0 Å². The molecular weight excluding hydrogens is 336 g/mol. The number of carbonyl (C=O) groups excluding carboxylic acids is 1. The van der Waals surface area contributed by atoms with Crippen LogP contribution in [0.2, 0.25) is 0 Å². The van der Waals surface area contributed by atoms with E-state index in [1.54, 1.807) is 4.90 Å². The van der Waals surface area contributed by atoms with Gasteiger partial charge >= 0.3 is 0 Å². The highest BCUT2D eigenvalue weighted by molar-refractivity contribution is 5.81. The number of nitrogens with zero attached hydrogens (tertiary/aromatic N) is 1. The van der Waals surface area contributed by atoms with E-state index in [1.807, 2.05) is 67.7 Å². The number of allylic oxidation sites excluding steroid dienone is 1. The summed E-state index contributed by atoms with van der Waals surface area (Å²) in [6.07, 6.45) is 5.41. The van der Waals surface area contributed by atoms with Crippen LogP contribution in [0.15, 0.2) is 67.3 Å². The number of carbonyl (C=O) groups is 1. The fraction of sp³-hybridized carbons (Fsp3) is 0.348. The van der Waals surface area contributed by atoms with Gasteiger partial charge in [0.05, 0.1) is 6.04 Å². The fourth-order valence-electron chi connectivity index (χ4n) is 2.83. The van der Waals surface area contributed by atoms with Gasteiger partial charge in [-0.25, -0.2) is 0 Å². The normalized spacial score (nSPS) is 11.6. The van der Waals surface area contributed by atoms with Gasteiger partial charge in [0.15, 0.2) is 0 Å². The van der Waals surface area contributed by atoms with Gasteiger partial charge in [-0.2, -0.15) is 0 Å². The molecule has 1 amide bonds. The summed E-state index contributed by atoms with van der Waals surface area (Å²) in [7, 11) is 1.82. The third-order valence-corrected chi connectivity index (χ3v) is 4.47. The van der Waals surface area contributed by atoms with Crippen molar-refractivity contribution in [2.75, 3.05) is 13.6 Å². The quantitative estimate of drug-likeness (QED) is 0.484. The SMILES string of the molecule is C=CCCCCN(C)C(=O)[C@@H](N)Cc1ccc(OCc2ccccc2)cc1. The Morgan fingerprint density at radius 2 is 1.81 bits per heavy atom.